The Morgan fingerprint density at radius 1 is 1.07 bits per heavy atom. The molecule has 0 amide bonds. The molecular weight excluding hydrogens is 340 g/mol. The number of carbonyl (C=O) groups is 1. The molecule has 0 fully saturated rings. The van der Waals surface area contributed by atoms with E-state index in [0.717, 1.165) is 47.3 Å². The van der Waals surface area contributed by atoms with Crippen molar-refractivity contribution in [2.24, 2.45) is 0 Å². The lowest BCUT2D eigenvalue weighted by atomic mass is 9.72. The first-order chi connectivity index (χ1) is 13.0. The summed E-state index contributed by atoms with van der Waals surface area (Å²) in [6, 6.07) is 13.4. The molecule has 1 aliphatic carbocycles. The maximum absolute atomic E-state index is 13.2. The highest BCUT2D eigenvalue weighted by atomic mass is 16.5. The van der Waals surface area contributed by atoms with Crippen LogP contribution < -0.4 is 4.74 Å². The van der Waals surface area contributed by atoms with Crippen LogP contribution in [-0.2, 0) is 5.41 Å². The number of benzene rings is 2. The number of ether oxygens (including phenoxy) is 1. The molecule has 0 bridgehead atoms. The fourth-order valence-corrected chi connectivity index (χ4v) is 3.88. The van der Waals surface area contributed by atoms with Gasteiger partial charge >= 0.3 is 0 Å². The molecule has 2 aromatic carbocycles. The lowest BCUT2D eigenvalue weighted by Gasteiger charge is -2.30. The second-order valence-electron chi connectivity index (χ2n) is 7.60. The second-order valence-corrected chi connectivity index (χ2v) is 7.60. The molecule has 1 heterocycles. The van der Waals surface area contributed by atoms with E-state index in [4.69, 9.17) is 14.3 Å². The monoisotopic (exact) mass is 364 g/mol. The predicted molar refractivity (Wildman–Crippen MR) is 105 cm³/mol. The van der Waals surface area contributed by atoms with Gasteiger partial charge in [0.25, 0.3) is 0 Å². The third-order valence-electron chi connectivity index (χ3n) is 5.37. The zero-order valence-corrected chi connectivity index (χ0v) is 15.7. The smallest absolute Gasteiger partial charge is 0.197 e. The maximum Gasteiger partial charge on any atom is 0.197 e. The summed E-state index contributed by atoms with van der Waals surface area (Å²) < 4.78 is 12.0. The zero-order chi connectivity index (χ0) is 19.0. The highest BCUT2D eigenvalue weighted by molar-refractivity contribution is 6.19. The minimum absolute atomic E-state index is 0.0128. The molecule has 27 heavy (non-hydrogen) atoms. The first-order valence-corrected chi connectivity index (χ1v) is 9.49. The summed E-state index contributed by atoms with van der Waals surface area (Å²) in [6.07, 6.45) is 2.63. The molecule has 4 nitrogen and oxygen atoms in total. The van der Waals surface area contributed by atoms with Crippen molar-refractivity contribution in [3.05, 3.63) is 64.9 Å². The van der Waals surface area contributed by atoms with Gasteiger partial charge in [0.2, 0.25) is 0 Å². The highest BCUT2D eigenvalue weighted by Gasteiger charge is 2.41. The summed E-state index contributed by atoms with van der Waals surface area (Å²) in [6.45, 7) is 4.99. The summed E-state index contributed by atoms with van der Waals surface area (Å²) in [5, 5.41) is 9.72. The highest BCUT2D eigenvalue weighted by Crippen LogP contribution is 2.46. The van der Waals surface area contributed by atoms with E-state index in [1.807, 2.05) is 42.5 Å². The van der Waals surface area contributed by atoms with Crippen LogP contribution in [0, 0.1) is 0 Å². The number of hydrogen-bond acceptors (Lipinski definition) is 4. The molecule has 3 aromatic rings. The minimum Gasteiger partial charge on any atom is -0.494 e. The quantitative estimate of drug-likeness (QED) is 0.636. The standard InChI is InChI=1S/C23H24O4/c1-23(2)18-14-15(26-13-7-3-6-12-24)10-11-16(18)21(25)20-17-8-4-5-9-19(17)27-22(20)23/h4-5,8-11,14,24H,3,6-7,12-13H2,1-2H3. The van der Waals surface area contributed by atoms with Crippen LogP contribution >= 0.6 is 0 Å². The summed E-state index contributed by atoms with van der Waals surface area (Å²) in [5.74, 6) is 1.50. The largest absolute Gasteiger partial charge is 0.494 e. The fraction of sp³-hybridized carbons (Fsp3) is 0.348. The summed E-state index contributed by atoms with van der Waals surface area (Å²) in [4.78, 5) is 13.2. The van der Waals surface area contributed by atoms with E-state index < -0.39 is 5.41 Å². The maximum atomic E-state index is 13.2. The number of unbranched alkanes of at least 4 members (excludes halogenated alkanes) is 2. The molecule has 0 radical (unpaired) electrons. The number of aliphatic hydroxyl groups is 1. The molecule has 0 saturated heterocycles. The average Bonchev–Trinajstić information content (AvgIpc) is 3.07. The Morgan fingerprint density at radius 2 is 1.89 bits per heavy atom. The Bertz CT molecular complexity index is 997. The van der Waals surface area contributed by atoms with Gasteiger partial charge in [-0.1, -0.05) is 18.2 Å². The van der Waals surface area contributed by atoms with Gasteiger partial charge in [-0.15, -0.1) is 0 Å². The fourth-order valence-electron chi connectivity index (χ4n) is 3.88. The summed E-state index contributed by atoms with van der Waals surface area (Å²) in [5.41, 5.74) is 2.66. The second kappa shape index (κ2) is 6.86. The Hall–Kier alpha value is -2.59. The number of carbonyl (C=O) groups excluding carboxylic acids is 1. The SMILES string of the molecule is CC1(C)c2cc(OCCCCCO)ccc2C(=O)c2c1oc1ccccc21. The number of para-hydroxylation sites is 1. The van der Waals surface area contributed by atoms with Gasteiger partial charge in [0.1, 0.15) is 17.1 Å². The molecule has 1 aromatic heterocycles. The number of aliphatic hydroxyl groups excluding tert-OH is 1. The van der Waals surface area contributed by atoms with Crippen LogP contribution in [0.2, 0.25) is 0 Å². The number of fused-ring (bicyclic) bond motifs is 4. The van der Waals surface area contributed by atoms with Crippen LogP contribution in [0.5, 0.6) is 5.75 Å². The van der Waals surface area contributed by atoms with Gasteiger partial charge in [-0.05, 0) is 62.9 Å². The van der Waals surface area contributed by atoms with Crippen molar-refractivity contribution in [3.8, 4) is 5.75 Å². The van der Waals surface area contributed by atoms with E-state index in [1.54, 1.807) is 0 Å². The van der Waals surface area contributed by atoms with Gasteiger partial charge in [-0.3, -0.25) is 4.79 Å². The Balaban J connectivity index is 1.69. The predicted octanol–water partition coefficient (Wildman–Crippen LogP) is 4.84. The Kier molecular flexibility index (Phi) is 4.52. The molecule has 140 valence electrons. The van der Waals surface area contributed by atoms with Gasteiger partial charge in [0.05, 0.1) is 12.2 Å². The van der Waals surface area contributed by atoms with Crippen molar-refractivity contribution < 1.29 is 19.1 Å². The van der Waals surface area contributed by atoms with Crippen molar-refractivity contribution in [2.75, 3.05) is 13.2 Å². The van der Waals surface area contributed by atoms with Crippen LogP contribution in [0.3, 0.4) is 0 Å². The Labute approximate surface area is 158 Å². The van der Waals surface area contributed by atoms with Crippen LogP contribution in [0.25, 0.3) is 11.0 Å². The lowest BCUT2D eigenvalue weighted by Crippen LogP contribution is -2.29. The number of rotatable bonds is 6. The number of hydrogen-bond donors (Lipinski definition) is 1. The van der Waals surface area contributed by atoms with Crippen LogP contribution in [-0.4, -0.2) is 24.1 Å². The number of ketones is 1. The first-order valence-electron chi connectivity index (χ1n) is 9.49. The van der Waals surface area contributed by atoms with E-state index in [9.17, 15) is 4.79 Å². The summed E-state index contributed by atoms with van der Waals surface area (Å²) in [7, 11) is 0. The molecule has 0 saturated carbocycles. The van der Waals surface area contributed by atoms with Gasteiger partial charge in [-0.2, -0.15) is 0 Å². The zero-order valence-electron chi connectivity index (χ0n) is 15.7. The molecule has 1 N–H and O–H groups in total. The molecule has 4 heteroatoms. The third kappa shape index (κ3) is 2.94. The van der Waals surface area contributed by atoms with E-state index in [2.05, 4.69) is 13.8 Å². The van der Waals surface area contributed by atoms with Gasteiger partial charge in [0.15, 0.2) is 5.78 Å². The third-order valence-corrected chi connectivity index (χ3v) is 5.37. The van der Waals surface area contributed by atoms with Crippen LogP contribution in [0.4, 0.5) is 0 Å². The topological polar surface area (TPSA) is 59.7 Å². The van der Waals surface area contributed by atoms with E-state index >= 15 is 0 Å². The molecule has 0 spiro atoms. The first kappa shape index (κ1) is 17.8. The number of furan rings is 1. The Morgan fingerprint density at radius 3 is 2.70 bits per heavy atom. The van der Waals surface area contributed by atoms with Gasteiger partial charge in [-0.25, -0.2) is 0 Å². The summed E-state index contributed by atoms with van der Waals surface area (Å²) >= 11 is 0. The molecule has 0 atom stereocenters. The lowest BCUT2D eigenvalue weighted by molar-refractivity contribution is 0.102. The average molecular weight is 364 g/mol. The van der Waals surface area contributed by atoms with Gasteiger partial charge in [0, 0.05) is 23.0 Å². The van der Waals surface area contributed by atoms with Crippen molar-refractivity contribution >= 4 is 16.8 Å². The van der Waals surface area contributed by atoms with E-state index in [0.29, 0.717) is 17.7 Å². The van der Waals surface area contributed by atoms with E-state index in [-0.39, 0.29) is 12.4 Å². The van der Waals surface area contributed by atoms with E-state index in [1.165, 1.54) is 0 Å². The molecule has 1 aliphatic rings. The van der Waals surface area contributed by atoms with Crippen molar-refractivity contribution in [1.29, 1.82) is 0 Å². The molecular formula is C23H24O4. The molecule has 4 rings (SSSR count). The van der Waals surface area contributed by atoms with Gasteiger partial charge < -0.3 is 14.3 Å². The normalized spacial score (nSPS) is 14.9. The van der Waals surface area contributed by atoms with Crippen molar-refractivity contribution in [3.63, 3.8) is 0 Å². The van der Waals surface area contributed by atoms with Crippen LogP contribution in [0.1, 0.15) is 60.4 Å². The van der Waals surface area contributed by atoms with Crippen LogP contribution in [0.15, 0.2) is 46.9 Å². The molecule has 0 unspecified atom stereocenters. The van der Waals surface area contributed by atoms with Crippen molar-refractivity contribution in [1.82, 2.24) is 0 Å². The minimum atomic E-state index is -0.423. The molecule has 0 aliphatic heterocycles. The van der Waals surface area contributed by atoms with Crippen molar-refractivity contribution in [2.45, 2.75) is 38.5 Å².